The van der Waals surface area contributed by atoms with Gasteiger partial charge in [0.2, 0.25) is 0 Å². The number of pyridine rings is 1. The second-order valence-electron chi connectivity index (χ2n) is 9.44. The van der Waals surface area contributed by atoms with Crippen LogP contribution in [-0.2, 0) is 5.41 Å². The summed E-state index contributed by atoms with van der Waals surface area (Å²) in [5.74, 6) is -0.602. The lowest BCUT2D eigenvalue weighted by Gasteiger charge is -2.36. The van der Waals surface area contributed by atoms with Gasteiger partial charge in [-0.2, -0.15) is 5.26 Å². The van der Waals surface area contributed by atoms with Crippen LogP contribution < -0.4 is 0 Å². The minimum atomic E-state index is -0.409. The van der Waals surface area contributed by atoms with Crippen molar-refractivity contribution in [2.45, 2.75) is 18.3 Å². The average Bonchev–Trinajstić information content (AvgIpc) is 3.68. The summed E-state index contributed by atoms with van der Waals surface area (Å²) >= 11 is 0. The SMILES string of the molecule is CN(C)C(=O)N1CCN(C(=O)c2cnc3ccc(F)cc3c2-c2ccc(C3(C#N)CC3)cc2)CC1. The van der Waals surface area contributed by atoms with Crippen LogP contribution in [0, 0.1) is 17.1 Å². The average molecular weight is 472 g/mol. The molecule has 0 unspecified atom stereocenters. The second kappa shape index (κ2) is 8.66. The van der Waals surface area contributed by atoms with E-state index in [0.717, 1.165) is 24.0 Å². The minimum Gasteiger partial charge on any atom is -0.335 e. The van der Waals surface area contributed by atoms with E-state index < -0.39 is 11.2 Å². The van der Waals surface area contributed by atoms with Crippen molar-refractivity contribution in [1.82, 2.24) is 19.7 Å². The summed E-state index contributed by atoms with van der Waals surface area (Å²) in [6, 6.07) is 14.4. The zero-order valence-corrected chi connectivity index (χ0v) is 19.8. The highest BCUT2D eigenvalue weighted by Crippen LogP contribution is 2.48. The Morgan fingerprint density at radius 1 is 1.03 bits per heavy atom. The fraction of sp³-hybridized carbons (Fsp3) is 0.333. The van der Waals surface area contributed by atoms with Crippen LogP contribution in [0.2, 0.25) is 0 Å². The maximum Gasteiger partial charge on any atom is 0.319 e. The minimum absolute atomic E-state index is 0.0773. The van der Waals surface area contributed by atoms with Gasteiger partial charge in [-0.3, -0.25) is 9.78 Å². The number of piperazine rings is 1. The van der Waals surface area contributed by atoms with Crippen LogP contribution in [0.5, 0.6) is 0 Å². The molecular weight excluding hydrogens is 445 g/mol. The summed E-state index contributed by atoms with van der Waals surface area (Å²) in [7, 11) is 3.41. The van der Waals surface area contributed by atoms with Crippen LogP contribution in [0.1, 0.15) is 28.8 Å². The third-order valence-corrected chi connectivity index (χ3v) is 6.97. The molecule has 3 amide bonds. The molecule has 2 heterocycles. The standard InChI is InChI=1S/C27H26FN5O2/c1-31(2)26(35)33-13-11-32(12-14-33)25(34)22-16-30-23-8-7-20(28)15-21(23)24(22)18-3-5-19(6-4-18)27(17-29)9-10-27/h3-8,15-16H,9-14H2,1-2H3. The largest absolute Gasteiger partial charge is 0.335 e. The van der Waals surface area contributed by atoms with E-state index in [9.17, 15) is 19.2 Å². The van der Waals surface area contributed by atoms with E-state index in [1.807, 2.05) is 24.3 Å². The van der Waals surface area contributed by atoms with E-state index in [1.165, 1.54) is 17.0 Å². The number of fused-ring (bicyclic) bond motifs is 1. The van der Waals surface area contributed by atoms with Crippen LogP contribution in [0.25, 0.3) is 22.0 Å². The second-order valence-corrected chi connectivity index (χ2v) is 9.44. The van der Waals surface area contributed by atoms with Crippen molar-refractivity contribution in [3.05, 3.63) is 65.6 Å². The highest BCUT2D eigenvalue weighted by molar-refractivity contribution is 6.08. The quantitative estimate of drug-likeness (QED) is 0.578. The number of halogens is 1. The number of aromatic nitrogens is 1. The van der Waals surface area contributed by atoms with Crippen LogP contribution in [0.3, 0.4) is 0 Å². The van der Waals surface area contributed by atoms with Gasteiger partial charge in [0.1, 0.15) is 5.82 Å². The Kier molecular flexibility index (Phi) is 5.64. The van der Waals surface area contributed by atoms with E-state index in [1.54, 1.807) is 36.2 Å². The van der Waals surface area contributed by atoms with Gasteiger partial charge < -0.3 is 14.7 Å². The molecule has 0 N–H and O–H groups in total. The Balaban J connectivity index is 1.52. The maximum absolute atomic E-state index is 14.3. The molecule has 2 aliphatic rings. The Hall–Kier alpha value is -3.99. The number of hydrogen-bond acceptors (Lipinski definition) is 4. The van der Waals surface area contributed by atoms with Gasteiger partial charge in [-0.25, -0.2) is 9.18 Å². The third kappa shape index (κ3) is 4.08. The van der Waals surface area contributed by atoms with Crippen LogP contribution in [0.15, 0.2) is 48.7 Å². The third-order valence-electron chi connectivity index (χ3n) is 6.97. The molecule has 2 aromatic carbocycles. The van der Waals surface area contributed by atoms with E-state index in [0.29, 0.717) is 48.2 Å². The van der Waals surface area contributed by atoms with Gasteiger partial charge in [-0.1, -0.05) is 24.3 Å². The Labute approximate surface area is 203 Å². The van der Waals surface area contributed by atoms with Crippen molar-refractivity contribution >= 4 is 22.8 Å². The maximum atomic E-state index is 14.3. The summed E-state index contributed by atoms with van der Waals surface area (Å²) < 4.78 is 14.3. The number of carbonyl (C=O) groups is 2. The molecule has 1 aromatic heterocycles. The number of rotatable bonds is 3. The van der Waals surface area contributed by atoms with Crippen molar-refractivity contribution < 1.29 is 14.0 Å². The molecular formula is C27H26FN5O2. The summed E-state index contributed by atoms with van der Waals surface area (Å²) in [5, 5.41) is 10.1. The van der Waals surface area contributed by atoms with Crippen molar-refractivity contribution in [2.75, 3.05) is 40.3 Å². The van der Waals surface area contributed by atoms with E-state index in [2.05, 4.69) is 11.1 Å². The van der Waals surface area contributed by atoms with Gasteiger partial charge in [0.15, 0.2) is 0 Å². The van der Waals surface area contributed by atoms with Gasteiger partial charge in [-0.05, 0) is 42.2 Å². The van der Waals surface area contributed by atoms with Gasteiger partial charge in [0, 0.05) is 57.4 Å². The molecule has 0 radical (unpaired) electrons. The lowest BCUT2D eigenvalue weighted by Crippen LogP contribution is -2.52. The monoisotopic (exact) mass is 471 g/mol. The normalized spacial score (nSPS) is 16.6. The molecule has 7 nitrogen and oxygen atoms in total. The predicted octanol–water partition coefficient (Wildman–Crippen LogP) is 4.04. The molecule has 3 aromatic rings. The first-order valence-electron chi connectivity index (χ1n) is 11.7. The molecule has 0 atom stereocenters. The molecule has 35 heavy (non-hydrogen) atoms. The van der Waals surface area contributed by atoms with E-state index >= 15 is 0 Å². The fourth-order valence-corrected chi connectivity index (χ4v) is 4.74. The van der Waals surface area contributed by atoms with Gasteiger partial charge >= 0.3 is 6.03 Å². The van der Waals surface area contributed by atoms with E-state index in [4.69, 9.17) is 0 Å². The summed E-state index contributed by atoms with van der Waals surface area (Å²) in [4.78, 5) is 35.3. The Bertz CT molecular complexity index is 1350. The van der Waals surface area contributed by atoms with Crippen LogP contribution in [0.4, 0.5) is 9.18 Å². The molecule has 0 bridgehead atoms. The van der Waals surface area contributed by atoms with Crippen LogP contribution in [-0.4, -0.2) is 71.9 Å². The lowest BCUT2D eigenvalue weighted by molar-refractivity contribution is 0.0650. The molecule has 1 saturated heterocycles. The van der Waals surface area contributed by atoms with Crippen molar-refractivity contribution in [2.24, 2.45) is 0 Å². The molecule has 0 spiro atoms. The molecule has 1 aliphatic carbocycles. The van der Waals surface area contributed by atoms with Crippen molar-refractivity contribution in [3.8, 4) is 17.2 Å². The number of nitrogens with zero attached hydrogens (tertiary/aromatic N) is 5. The van der Waals surface area contributed by atoms with E-state index in [-0.39, 0.29) is 11.9 Å². The van der Waals surface area contributed by atoms with Gasteiger partial charge in [0.05, 0.1) is 22.6 Å². The predicted molar refractivity (Wildman–Crippen MR) is 130 cm³/mol. The molecule has 2 fully saturated rings. The molecule has 1 saturated carbocycles. The number of hydrogen-bond donors (Lipinski definition) is 0. The number of urea groups is 1. The molecule has 8 heteroatoms. The van der Waals surface area contributed by atoms with Gasteiger partial charge in [-0.15, -0.1) is 0 Å². The summed E-state index contributed by atoms with van der Waals surface area (Å²) in [6.45, 7) is 1.70. The summed E-state index contributed by atoms with van der Waals surface area (Å²) in [6.07, 6.45) is 3.25. The number of carbonyl (C=O) groups excluding carboxylic acids is 2. The van der Waals surface area contributed by atoms with Gasteiger partial charge in [0.25, 0.3) is 5.91 Å². The van der Waals surface area contributed by atoms with Crippen LogP contribution >= 0.6 is 0 Å². The van der Waals surface area contributed by atoms with Crippen molar-refractivity contribution in [3.63, 3.8) is 0 Å². The smallest absolute Gasteiger partial charge is 0.319 e. The zero-order chi connectivity index (χ0) is 24.7. The topological polar surface area (TPSA) is 80.5 Å². The molecule has 5 rings (SSSR count). The first-order chi connectivity index (χ1) is 16.8. The molecule has 1 aliphatic heterocycles. The Morgan fingerprint density at radius 3 is 2.29 bits per heavy atom. The molecule has 178 valence electrons. The number of nitriles is 1. The Morgan fingerprint density at radius 2 is 1.69 bits per heavy atom. The zero-order valence-electron chi connectivity index (χ0n) is 19.8. The first kappa shape index (κ1) is 22.8. The van der Waals surface area contributed by atoms with Crippen molar-refractivity contribution in [1.29, 1.82) is 5.26 Å². The lowest BCUT2D eigenvalue weighted by atomic mass is 9.91. The number of benzene rings is 2. The summed E-state index contributed by atoms with van der Waals surface area (Å²) in [5.41, 5.74) is 2.93. The number of amides is 3. The fourth-order valence-electron chi connectivity index (χ4n) is 4.74. The highest BCUT2D eigenvalue weighted by atomic mass is 19.1. The first-order valence-corrected chi connectivity index (χ1v) is 11.7. The highest BCUT2D eigenvalue weighted by Gasteiger charge is 2.44.